The molecule has 2 heterocycles. The fourth-order valence-corrected chi connectivity index (χ4v) is 2.61. The molecule has 0 spiro atoms. The molecule has 0 fully saturated rings. The van der Waals surface area contributed by atoms with Gasteiger partial charge in [0, 0.05) is 4.88 Å². The predicted octanol–water partition coefficient (Wildman–Crippen LogP) is 2.84. The number of esters is 1. The van der Waals surface area contributed by atoms with Gasteiger partial charge in [-0.15, -0.1) is 11.3 Å². The van der Waals surface area contributed by atoms with E-state index in [0.717, 1.165) is 8.66 Å². The number of thiophene rings is 1. The average Bonchev–Trinajstić information content (AvgIpc) is 2.58. The smallest absolute Gasteiger partial charge is 0.339 e. The number of rotatable bonds is 1. The zero-order chi connectivity index (χ0) is 9.42. The van der Waals surface area contributed by atoms with Crippen molar-refractivity contribution in [3.63, 3.8) is 0 Å². The fourth-order valence-electron chi connectivity index (χ4n) is 1.21. The molecular formula is C9H7BrO2S. The van der Waals surface area contributed by atoms with Crippen LogP contribution in [0.2, 0.25) is 0 Å². The van der Waals surface area contributed by atoms with Crippen LogP contribution in [0.1, 0.15) is 11.8 Å². The van der Waals surface area contributed by atoms with E-state index in [1.807, 2.05) is 25.1 Å². The summed E-state index contributed by atoms with van der Waals surface area (Å²) < 4.78 is 6.02. The van der Waals surface area contributed by atoms with E-state index in [1.54, 1.807) is 0 Å². The summed E-state index contributed by atoms with van der Waals surface area (Å²) >= 11 is 4.89. The zero-order valence-corrected chi connectivity index (χ0v) is 9.31. The number of cyclic esters (lactones) is 1. The van der Waals surface area contributed by atoms with Crippen LogP contribution in [0.25, 0.3) is 5.57 Å². The third-order valence-electron chi connectivity index (χ3n) is 1.75. The molecule has 0 bridgehead atoms. The van der Waals surface area contributed by atoms with Crippen LogP contribution in [-0.4, -0.2) is 12.1 Å². The molecule has 0 aliphatic carbocycles. The minimum Gasteiger partial charge on any atom is -0.455 e. The molecule has 13 heavy (non-hydrogen) atoms. The highest BCUT2D eigenvalue weighted by Gasteiger charge is 2.24. The van der Waals surface area contributed by atoms with Crippen molar-refractivity contribution in [2.45, 2.75) is 13.0 Å². The molecule has 68 valence electrons. The first-order valence-electron chi connectivity index (χ1n) is 3.85. The van der Waals surface area contributed by atoms with Crippen molar-refractivity contribution in [3.05, 3.63) is 26.9 Å². The molecule has 0 saturated heterocycles. The second-order valence-electron chi connectivity index (χ2n) is 2.79. The van der Waals surface area contributed by atoms with Crippen molar-refractivity contribution in [1.82, 2.24) is 0 Å². The Bertz CT molecular complexity index is 381. The van der Waals surface area contributed by atoms with Gasteiger partial charge in [0.1, 0.15) is 6.10 Å². The topological polar surface area (TPSA) is 26.3 Å². The van der Waals surface area contributed by atoms with Gasteiger partial charge in [-0.1, -0.05) is 0 Å². The highest BCUT2D eigenvalue weighted by atomic mass is 79.9. The summed E-state index contributed by atoms with van der Waals surface area (Å²) in [6, 6.07) is 3.84. The molecule has 2 nitrogen and oxygen atoms in total. The lowest BCUT2D eigenvalue weighted by molar-refractivity contribution is -0.137. The van der Waals surface area contributed by atoms with Gasteiger partial charge in [-0.25, -0.2) is 4.79 Å². The molecule has 1 aromatic rings. The Hall–Kier alpha value is -0.610. The third kappa shape index (κ3) is 1.69. The summed E-state index contributed by atoms with van der Waals surface area (Å²) in [5, 5.41) is 0. The number of ether oxygens (including phenoxy) is 1. The minimum atomic E-state index is -0.221. The lowest BCUT2D eigenvalue weighted by atomic mass is 10.2. The van der Waals surface area contributed by atoms with Gasteiger partial charge < -0.3 is 4.74 Å². The van der Waals surface area contributed by atoms with Crippen LogP contribution in [0.5, 0.6) is 0 Å². The van der Waals surface area contributed by atoms with Gasteiger partial charge in [-0.05, 0) is 41.1 Å². The monoisotopic (exact) mass is 258 g/mol. The first kappa shape index (κ1) is 8.97. The fraction of sp³-hybridized carbons (Fsp3) is 0.222. The number of hydrogen-bond acceptors (Lipinski definition) is 3. The Morgan fingerprint density at radius 2 is 2.31 bits per heavy atom. The number of carbonyl (C=O) groups excluding carboxylic acids is 1. The van der Waals surface area contributed by atoms with Gasteiger partial charge in [0.2, 0.25) is 0 Å². The van der Waals surface area contributed by atoms with Crippen LogP contribution in [0.15, 0.2) is 22.0 Å². The number of halogens is 1. The van der Waals surface area contributed by atoms with Gasteiger partial charge in [0.15, 0.2) is 0 Å². The third-order valence-corrected chi connectivity index (χ3v) is 3.41. The Morgan fingerprint density at radius 3 is 2.77 bits per heavy atom. The lowest BCUT2D eigenvalue weighted by Crippen LogP contribution is -2.02. The molecule has 0 saturated carbocycles. The maximum atomic E-state index is 11.3. The molecule has 1 unspecified atom stereocenters. The van der Waals surface area contributed by atoms with Gasteiger partial charge in [-0.3, -0.25) is 0 Å². The molecular weight excluding hydrogens is 252 g/mol. The highest BCUT2D eigenvalue weighted by molar-refractivity contribution is 9.11. The van der Waals surface area contributed by atoms with E-state index in [2.05, 4.69) is 15.9 Å². The average molecular weight is 259 g/mol. The molecule has 0 amide bonds. The molecule has 1 atom stereocenters. The van der Waals surface area contributed by atoms with Crippen molar-refractivity contribution < 1.29 is 9.53 Å². The van der Waals surface area contributed by atoms with Crippen molar-refractivity contribution >= 4 is 38.8 Å². The first-order valence-corrected chi connectivity index (χ1v) is 5.46. The predicted molar refractivity (Wildman–Crippen MR) is 55.6 cm³/mol. The minimum absolute atomic E-state index is 0.0941. The van der Waals surface area contributed by atoms with Crippen molar-refractivity contribution in [1.29, 1.82) is 0 Å². The first-order chi connectivity index (χ1) is 6.16. The van der Waals surface area contributed by atoms with Crippen LogP contribution in [0, 0.1) is 0 Å². The van der Waals surface area contributed by atoms with Crippen molar-refractivity contribution in [2.75, 3.05) is 0 Å². The van der Waals surface area contributed by atoms with Gasteiger partial charge in [-0.2, -0.15) is 0 Å². The van der Waals surface area contributed by atoms with Crippen molar-refractivity contribution in [3.8, 4) is 0 Å². The quantitative estimate of drug-likeness (QED) is 0.725. The SMILES string of the molecule is CC1C=C(c2ccc(Br)s2)C(=O)O1. The van der Waals surface area contributed by atoms with E-state index in [-0.39, 0.29) is 12.1 Å². The second kappa shape index (κ2) is 3.27. The summed E-state index contributed by atoms with van der Waals surface area (Å²) in [7, 11) is 0. The molecule has 0 N–H and O–H groups in total. The molecule has 1 aromatic heterocycles. The number of hydrogen-bond donors (Lipinski definition) is 0. The maximum Gasteiger partial charge on any atom is 0.339 e. The van der Waals surface area contributed by atoms with Crippen molar-refractivity contribution in [2.24, 2.45) is 0 Å². The van der Waals surface area contributed by atoms with E-state index < -0.39 is 0 Å². The second-order valence-corrected chi connectivity index (χ2v) is 5.26. The van der Waals surface area contributed by atoms with Gasteiger partial charge in [0.25, 0.3) is 0 Å². The van der Waals surface area contributed by atoms with E-state index in [0.29, 0.717) is 5.57 Å². The van der Waals surface area contributed by atoms with Crippen LogP contribution < -0.4 is 0 Å². The molecule has 0 radical (unpaired) electrons. The Morgan fingerprint density at radius 1 is 1.54 bits per heavy atom. The zero-order valence-electron chi connectivity index (χ0n) is 6.91. The maximum absolute atomic E-state index is 11.3. The van der Waals surface area contributed by atoms with Crippen LogP contribution >= 0.6 is 27.3 Å². The summed E-state index contributed by atoms with van der Waals surface area (Å²) in [5.74, 6) is -0.221. The Kier molecular flexibility index (Phi) is 2.26. The van der Waals surface area contributed by atoms with Crippen LogP contribution in [-0.2, 0) is 9.53 Å². The Labute approximate surface area is 88.3 Å². The Balaban J connectivity index is 2.36. The molecule has 0 aromatic carbocycles. The summed E-state index contributed by atoms with van der Waals surface area (Å²) in [4.78, 5) is 12.3. The largest absolute Gasteiger partial charge is 0.455 e. The van der Waals surface area contributed by atoms with Crippen LogP contribution in [0.4, 0.5) is 0 Å². The normalized spacial score (nSPS) is 21.5. The standard InChI is InChI=1S/C9H7BrO2S/c1-5-4-6(9(11)12-5)7-2-3-8(10)13-7/h2-5H,1H3. The summed E-state index contributed by atoms with van der Waals surface area (Å²) in [6.45, 7) is 1.85. The van der Waals surface area contributed by atoms with Crippen LogP contribution in [0.3, 0.4) is 0 Å². The highest BCUT2D eigenvalue weighted by Crippen LogP contribution is 2.31. The van der Waals surface area contributed by atoms with E-state index in [4.69, 9.17) is 4.74 Å². The van der Waals surface area contributed by atoms with Gasteiger partial charge >= 0.3 is 5.97 Å². The molecule has 1 aliphatic heterocycles. The summed E-state index contributed by atoms with van der Waals surface area (Å²) in [5.41, 5.74) is 0.684. The number of carbonyl (C=O) groups is 1. The lowest BCUT2D eigenvalue weighted by Gasteiger charge is -1.97. The van der Waals surface area contributed by atoms with E-state index in [9.17, 15) is 4.79 Å². The molecule has 1 aliphatic rings. The van der Waals surface area contributed by atoms with E-state index in [1.165, 1.54) is 11.3 Å². The van der Waals surface area contributed by atoms with E-state index >= 15 is 0 Å². The summed E-state index contributed by atoms with van der Waals surface area (Å²) in [6.07, 6.45) is 1.75. The van der Waals surface area contributed by atoms with Gasteiger partial charge in [0.05, 0.1) is 9.36 Å². The molecule has 4 heteroatoms. The molecule has 2 rings (SSSR count).